The Balaban J connectivity index is 1.20. The summed E-state index contributed by atoms with van der Waals surface area (Å²) in [6, 6.07) is 7.19. The van der Waals surface area contributed by atoms with E-state index >= 15 is 0 Å². The number of benzene rings is 1. The SMILES string of the molecule is Cc1cc(C2CC2)ccc1C1CCC2(C1)CN(C(=O)[C@H]1C[C@@](C)(O)C1)C2. The quantitative estimate of drug-likeness (QED) is 0.887. The second kappa shape index (κ2) is 5.58. The first-order valence-electron chi connectivity index (χ1n) is 10.5. The van der Waals surface area contributed by atoms with E-state index in [1.807, 2.05) is 6.92 Å². The highest BCUT2D eigenvalue weighted by Gasteiger charge is 2.53. The van der Waals surface area contributed by atoms with Crippen LogP contribution < -0.4 is 0 Å². The highest BCUT2D eigenvalue weighted by Crippen LogP contribution is 2.53. The minimum absolute atomic E-state index is 0.0664. The molecule has 1 unspecified atom stereocenters. The van der Waals surface area contributed by atoms with Crippen LogP contribution in [0.4, 0.5) is 0 Å². The van der Waals surface area contributed by atoms with E-state index in [9.17, 15) is 9.90 Å². The summed E-state index contributed by atoms with van der Waals surface area (Å²) in [7, 11) is 0. The first-order chi connectivity index (χ1) is 12.3. The van der Waals surface area contributed by atoms with Crippen LogP contribution >= 0.6 is 0 Å². The summed E-state index contributed by atoms with van der Waals surface area (Å²) in [4.78, 5) is 14.6. The molecule has 3 nitrogen and oxygen atoms in total. The largest absolute Gasteiger partial charge is 0.390 e. The smallest absolute Gasteiger partial charge is 0.225 e. The monoisotopic (exact) mass is 353 g/mol. The Labute approximate surface area is 156 Å². The summed E-state index contributed by atoms with van der Waals surface area (Å²) in [6.45, 7) is 6.01. The van der Waals surface area contributed by atoms with Gasteiger partial charge in [0, 0.05) is 24.4 Å². The fourth-order valence-electron chi connectivity index (χ4n) is 5.94. The van der Waals surface area contributed by atoms with Crippen LogP contribution in [0.15, 0.2) is 18.2 Å². The molecule has 1 spiro atoms. The fraction of sp³-hybridized carbons (Fsp3) is 0.696. The number of likely N-dealkylation sites (tertiary alicyclic amines) is 1. The van der Waals surface area contributed by atoms with Crippen LogP contribution in [-0.4, -0.2) is 34.6 Å². The van der Waals surface area contributed by atoms with Crippen molar-refractivity contribution in [3.8, 4) is 0 Å². The second-order valence-electron chi connectivity index (χ2n) is 10.1. The molecule has 1 saturated heterocycles. The molecule has 1 aliphatic heterocycles. The van der Waals surface area contributed by atoms with Crippen LogP contribution in [0.2, 0.25) is 0 Å². The molecule has 26 heavy (non-hydrogen) atoms. The zero-order valence-corrected chi connectivity index (χ0v) is 16.1. The Morgan fingerprint density at radius 3 is 2.46 bits per heavy atom. The maximum Gasteiger partial charge on any atom is 0.225 e. The number of carbonyl (C=O) groups is 1. The molecule has 0 aromatic heterocycles. The molecule has 3 heteroatoms. The van der Waals surface area contributed by atoms with Crippen molar-refractivity contribution in [2.45, 2.75) is 76.2 Å². The Kier molecular flexibility index (Phi) is 3.60. The van der Waals surface area contributed by atoms with Gasteiger partial charge < -0.3 is 10.0 Å². The molecule has 3 aliphatic carbocycles. The van der Waals surface area contributed by atoms with Crippen molar-refractivity contribution in [3.63, 3.8) is 0 Å². The lowest BCUT2D eigenvalue weighted by Gasteiger charge is -2.52. The summed E-state index contributed by atoms with van der Waals surface area (Å²) in [6.07, 6.45) is 7.78. The molecule has 0 bridgehead atoms. The van der Waals surface area contributed by atoms with Crippen LogP contribution in [0.1, 0.15) is 80.4 Å². The number of nitrogens with zero attached hydrogens (tertiary/aromatic N) is 1. The van der Waals surface area contributed by atoms with E-state index in [1.165, 1.54) is 43.2 Å². The van der Waals surface area contributed by atoms with Gasteiger partial charge in [-0.1, -0.05) is 18.2 Å². The highest BCUT2D eigenvalue weighted by molar-refractivity contribution is 5.81. The lowest BCUT2D eigenvalue weighted by molar-refractivity contribution is -0.161. The van der Waals surface area contributed by atoms with Gasteiger partial charge in [-0.25, -0.2) is 0 Å². The van der Waals surface area contributed by atoms with E-state index in [0.717, 1.165) is 19.0 Å². The molecule has 140 valence electrons. The van der Waals surface area contributed by atoms with Crippen LogP contribution in [0, 0.1) is 18.3 Å². The predicted molar refractivity (Wildman–Crippen MR) is 102 cm³/mol. The topological polar surface area (TPSA) is 40.5 Å². The molecule has 1 aromatic rings. The number of carbonyl (C=O) groups excluding carboxylic acids is 1. The van der Waals surface area contributed by atoms with Gasteiger partial charge in [0.15, 0.2) is 0 Å². The van der Waals surface area contributed by atoms with Gasteiger partial charge in [-0.3, -0.25) is 4.79 Å². The number of hydrogen-bond acceptors (Lipinski definition) is 2. The van der Waals surface area contributed by atoms with Gasteiger partial charge in [-0.05, 0) is 87.3 Å². The van der Waals surface area contributed by atoms with Gasteiger partial charge in [-0.15, -0.1) is 0 Å². The molecule has 4 aliphatic rings. The van der Waals surface area contributed by atoms with Crippen molar-refractivity contribution in [3.05, 3.63) is 34.9 Å². The normalized spacial score (nSPS) is 35.3. The van der Waals surface area contributed by atoms with Crippen molar-refractivity contribution in [2.75, 3.05) is 13.1 Å². The number of aliphatic hydroxyl groups is 1. The van der Waals surface area contributed by atoms with E-state index in [-0.39, 0.29) is 11.8 Å². The summed E-state index contributed by atoms with van der Waals surface area (Å²) in [5.41, 5.74) is 4.32. The average molecular weight is 354 g/mol. The van der Waals surface area contributed by atoms with Crippen molar-refractivity contribution >= 4 is 5.91 Å². The highest BCUT2D eigenvalue weighted by atomic mass is 16.3. The van der Waals surface area contributed by atoms with Gasteiger partial charge in [0.05, 0.1) is 5.60 Å². The number of amides is 1. The number of hydrogen-bond donors (Lipinski definition) is 1. The first kappa shape index (κ1) is 16.8. The molecule has 1 amide bonds. The lowest BCUT2D eigenvalue weighted by atomic mass is 9.69. The van der Waals surface area contributed by atoms with Gasteiger partial charge in [-0.2, -0.15) is 0 Å². The third kappa shape index (κ3) is 2.79. The Morgan fingerprint density at radius 1 is 1.12 bits per heavy atom. The standard InChI is InChI=1S/C23H31NO2/c1-15-9-17(16-3-4-16)5-6-20(15)18-7-8-23(12-18)13-24(14-23)21(25)19-10-22(2,26)11-19/h5-6,9,16,18-19,26H,3-4,7-8,10-14H2,1-2H3/t18?,19-,22+. The first-order valence-corrected chi connectivity index (χ1v) is 10.5. The minimum atomic E-state index is -0.606. The van der Waals surface area contributed by atoms with Gasteiger partial charge in [0.1, 0.15) is 0 Å². The van der Waals surface area contributed by atoms with Crippen molar-refractivity contribution in [1.82, 2.24) is 4.90 Å². The number of rotatable bonds is 3. The van der Waals surface area contributed by atoms with Crippen LogP contribution in [0.5, 0.6) is 0 Å². The van der Waals surface area contributed by atoms with Crippen LogP contribution in [0.25, 0.3) is 0 Å². The maximum absolute atomic E-state index is 12.6. The summed E-state index contributed by atoms with van der Waals surface area (Å²) in [5.74, 6) is 1.86. The van der Waals surface area contributed by atoms with Crippen LogP contribution in [0.3, 0.4) is 0 Å². The van der Waals surface area contributed by atoms with Crippen molar-refractivity contribution in [1.29, 1.82) is 0 Å². The van der Waals surface area contributed by atoms with Crippen LogP contribution in [-0.2, 0) is 4.79 Å². The Morgan fingerprint density at radius 2 is 1.85 bits per heavy atom. The van der Waals surface area contributed by atoms with Gasteiger partial charge >= 0.3 is 0 Å². The summed E-state index contributed by atoms with van der Waals surface area (Å²) >= 11 is 0. The minimum Gasteiger partial charge on any atom is -0.390 e. The molecule has 4 fully saturated rings. The Hall–Kier alpha value is -1.35. The van der Waals surface area contributed by atoms with E-state index in [1.54, 1.807) is 5.56 Å². The van der Waals surface area contributed by atoms with E-state index in [0.29, 0.717) is 24.2 Å². The third-order valence-corrected chi connectivity index (χ3v) is 7.57. The summed E-state index contributed by atoms with van der Waals surface area (Å²) in [5, 5.41) is 9.88. The van der Waals surface area contributed by atoms with E-state index in [4.69, 9.17) is 0 Å². The van der Waals surface area contributed by atoms with Crippen molar-refractivity contribution < 1.29 is 9.90 Å². The third-order valence-electron chi connectivity index (χ3n) is 7.57. The van der Waals surface area contributed by atoms with Gasteiger partial charge in [0.2, 0.25) is 5.91 Å². The molecule has 3 saturated carbocycles. The van der Waals surface area contributed by atoms with E-state index < -0.39 is 5.60 Å². The maximum atomic E-state index is 12.6. The molecule has 1 N–H and O–H groups in total. The molecule has 5 rings (SSSR count). The zero-order valence-electron chi connectivity index (χ0n) is 16.1. The average Bonchev–Trinajstić information content (AvgIpc) is 3.29. The van der Waals surface area contributed by atoms with Crippen molar-refractivity contribution in [2.24, 2.45) is 11.3 Å². The molecular weight excluding hydrogens is 322 g/mol. The molecular formula is C23H31NO2. The number of aryl methyl sites for hydroxylation is 1. The zero-order chi connectivity index (χ0) is 18.1. The van der Waals surface area contributed by atoms with E-state index in [2.05, 4.69) is 30.0 Å². The van der Waals surface area contributed by atoms with Gasteiger partial charge in [0.25, 0.3) is 0 Å². The Bertz CT molecular complexity index is 735. The lowest BCUT2D eigenvalue weighted by Crippen LogP contribution is -2.61. The predicted octanol–water partition coefficient (Wildman–Crippen LogP) is 4.13. The summed E-state index contributed by atoms with van der Waals surface area (Å²) < 4.78 is 0. The molecule has 1 heterocycles. The molecule has 1 aromatic carbocycles. The molecule has 1 atom stereocenters. The molecule has 0 radical (unpaired) electrons. The fourth-order valence-corrected chi connectivity index (χ4v) is 5.94. The second-order valence-corrected chi connectivity index (χ2v) is 10.1.